The summed E-state index contributed by atoms with van der Waals surface area (Å²) in [6.07, 6.45) is 3.35. The number of aromatic carboxylic acids is 1. The molecule has 110 valence electrons. The molecule has 0 bridgehead atoms. The fraction of sp³-hybridized carbons (Fsp3) is 0.167. The van der Waals surface area contributed by atoms with Crippen molar-refractivity contribution >= 4 is 16.9 Å². The van der Waals surface area contributed by atoms with Crippen LogP contribution in [0.2, 0.25) is 0 Å². The quantitative estimate of drug-likeness (QED) is 0.788. The van der Waals surface area contributed by atoms with Gasteiger partial charge >= 0.3 is 5.97 Å². The van der Waals surface area contributed by atoms with E-state index in [1.807, 2.05) is 30.3 Å². The molecule has 3 rings (SSSR count). The van der Waals surface area contributed by atoms with Gasteiger partial charge in [-0.25, -0.2) is 9.78 Å². The topological polar surface area (TPSA) is 63.1 Å². The third-order valence-electron chi connectivity index (χ3n) is 3.70. The maximum atomic E-state index is 11.6. The average molecular weight is 292 g/mol. The number of carbonyl (C=O) groups is 1. The maximum absolute atomic E-state index is 11.6. The Bertz CT molecular complexity index is 842. The fourth-order valence-electron chi connectivity index (χ4n) is 2.58. The molecule has 1 aromatic carbocycles. The van der Waals surface area contributed by atoms with E-state index in [2.05, 4.69) is 18.8 Å². The average Bonchev–Trinajstić information content (AvgIpc) is 2.53. The number of rotatable bonds is 3. The summed E-state index contributed by atoms with van der Waals surface area (Å²) < 4.78 is 0. The minimum Gasteiger partial charge on any atom is -0.478 e. The summed E-state index contributed by atoms with van der Waals surface area (Å²) in [7, 11) is 0. The largest absolute Gasteiger partial charge is 0.478 e. The molecular weight excluding hydrogens is 276 g/mol. The Morgan fingerprint density at radius 2 is 1.86 bits per heavy atom. The lowest BCUT2D eigenvalue weighted by Crippen LogP contribution is -2.02. The van der Waals surface area contributed by atoms with E-state index in [0.29, 0.717) is 11.1 Å². The summed E-state index contributed by atoms with van der Waals surface area (Å²) in [4.78, 5) is 20.4. The number of hydrogen-bond donors (Lipinski definition) is 1. The SMILES string of the molecule is CC(C)c1cccc2c(C(=O)O)cc(-c3ccncc3)nc12. The summed E-state index contributed by atoms with van der Waals surface area (Å²) in [5, 5.41) is 10.2. The number of nitrogens with zero attached hydrogens (tertiary/aromatic N) is 2. The molecule has 4 nitrogen and oxygen atoms in total. The van der Waals surface area contributed by atoms with Crippen LogP contribution in [0, 0.1) is 0 Å². The van der Waals surface area contributed by atoms with Crippen molar-refractivity contribution in [1.82, 2.24) is 9.97 Å². The van der Waals surface area contributed by atoms with Crippen LogP contribution in [0.3, 0.4) is 0 Å². The van der Waals surface area contributed by atoms with Crippen molar-refractivity contribution in [2.45, 2.75) is 19.8 Å². The zero-order valence-corrected chi connectivity index (χ0v) is 12.4. The number of carboxylic acids is 1. The minimum atomic E-state index is -0.941. The number of benzene rings is 1. The van der Waals surface area contributed by atoms with Gasteiger partial charge in [-0.3, -0.25) is 4.98 Å². The molecule has 0 amide bonds. The van der Waals surface area contributed by atoms with Crippen molar-refractivity contribution in [3.8, 4) is 11.3 Å². The second kappa shape index (κ2) is 5.56. The van der Waals surface area contributed by atoms with Crippen molar-refractivity contribution in [3.05, 3.63) is 59.9 Å². The van der Waals surface area contributed by atoms with E-state index in [4.69, 9.17) is 4.98 Å². The number of fused-ring (bicyclic) bond motifs is 1. The summed E-state index contributed by atoms with van der Waals surface area (Å²) >= 11 is 0. The van der Waals surface area contributed by atoms with Gasteiger partial charge in [0.05, 0.1) is 16.8 Å². The Labute approximate surface area is 128 Å². The highest BCUT2D eigenvalue weighted by atomic mass is 16.4. The van der Waals surface area contributed by atoms with Gasteiger partial charge in [0.25, 0.3) is 0 Å². The Hall–Kier alpha value is -2.75. The van der Waals surface area contributed by atoms with Crippen LogP contribution in [0.4, 0.5) is 0 Å². The van der Waals surface area contributed by atoms with Crippen LogP contribution in [-0.2, 0) is 0 Å². The zero-order valence-electron chi connectivity index (χ0n) is 12.4. The normalized spacial score (nSPS) is 11.0. The molecular formula is C18H16N2O2. The fourth-order valence-corrected chi connectivity index (χ4v) is 2.58. The molecule has 0 aliphatic heterocycles. The molecule has 1 N–H and O–H groups in total. The molecule has 0 radical (unpaired) electrons. The Morgan fingerprint density at radius 3 is 2.50 bits per heavy atom. The summed E-state index contributed by atoms with van der Waals surface area (Å²) in [6, 6.07) is 11.0. The van der Waals surface area contributed by atoms with E-state index in [0.717, 1.165) is 16.6 Å². The summed E-state index contributed by atoms with van der Waals surface area (Å²) in [5.41, 5.74) is 3.60. The number of hydrogen-bond acceptors (Lipinski definition) is 3. The molecule has 4 heteroatoms. The molecule has 2 heterocycles. The first kappa shape index (κ1) is 14.2. The Balaban J connectivity index is 2.37. The maximum Gasteiger partial charge on any atom is 0.336 e. The van der Waals surface area contributed by atoms with Crippen LogP contribution in [-0.4, -0.2) is 21.0 Å². The van der Waals surface area contributed by atoms with Crippen LogP contribution in [0.15, 0.2) is 48.8 Å². The van der Waals surface area contributed by atoms with Crippen LogP contribution >= 0.6 is 0 Å². The first-order valence-corrected chi connectivity index (χ1v) is 7.15. The highest BCUT2D eigenvalue weighted by Gasteiger charge is 2.16. The highest BCUT2D eigenvalue weighted by Crippen LogP contribution is 2.29. The molecule has 0 fully saturated rings. The molecule has 2 aromatic heterocycles. The molecule has 0 spiro atoms. The highest BCUT2D eigenvalue weighted by molar-refractivity contribution is 6.04. The van der Waals surface area contributed by atoms with E-state index in [-0.39, 0.29) is 11.5 Å². The van der Waals surface area contributed by atoms with Crippen molar-refractivity contribution in [2.75, 3.05) is 0 Å². The third kappa shape index (κ3) is 2.44. The second-order valence-electron chi connectivity index (χ2n) is 5.49. The van der Waals surface area contributed by atoms with Gasteiger partial charge in [0.1, 0.15) is 0 Å². The molecule has 0 unspecified atom stereocenters. The van der Waals surface area contributed by atoms with E-state index in [9.17, 15) is 9.90 Å². The van der Waals surface area contributed by atoms with Gasteiger partial charge < -0.3 is 5.11 Å². The van der Waals surface area contributed by atoms with Gasteiger partial charge in [-0.2, -0.15) is 0 Å². The monoisotopic (exact) mass is 292 g/mol. The number of para-hydroxylation sites is 1. The van der Waals surface area contributed by atoms with Gasteiger partial charge in [-0.1, -0.05) is 32.0 Å². The molecule has 3 aromatic rings. The van der Waals surface area contributed by atoms with E-state index >= 15 is 0 Å². The predicted molar refractivity (Wildman–Crippen MR) is 86.0 cm³/mol. The van der Waals surface area contributed by atoms with Gasteiger partial charge in [0.15, 0.2) is 0 Å². The second-order valence-corrected chi connectivity index (χ2v) is 5.49. The standard InChI is InChI=1S/C18H16N2O2/c1-11(2)13-4-3-5-14-15(18(21)22)10-16(20-17(13)14)12-6-8-19-9-7-12/h3-11H,1-2H3,(H,21,22). The van der Waals surface area contributed by atoms with Crippen LogP contribution in [0.1, 0.15) is 35.7 Å². The van der Waals surface area contributed by atoms with Crippen molar-refractivity contribution in [1.29, 1.82) is 0 Å². The van der Waals surface area contributed by atoms with Gasteiger partial charge in [0, 0.05) is 23.3 Å². The van der Waals surface area contributed by atoms with Crippen molar-refractivity contribution in [2.24, 2.45) is 0 Å². The molecule has 0 atom stereocenters. The first-order valence-electron chi connectivity index (χ1n) is 7.15. The predicted octanol–water partition coefficient (Wildman–Crippen LogP) is 4.12. The molecule has 0 saturated carbocycles. The Kier molecular flexibility index (Phi) is 3.59. The van der Waals surface area contributed by atoms with Crippen LogP contribution < -0.4 is 0 Å². The van der Waals surface area contributed by atoms with E-state index in [1.165, 1.54) is 0 Å². The Morgan fingerprint density at radius 1 is 1.14 bits per heavy atom. The van der Waals surface area contributed by atoms with E-state index < -0.39 is 5.97 Å². The third-order valence-corrected chi connectivity index (χ3v) is 3.70. The molecule has 0 aliphatic carbocycles. The van der Waals surface area contributed by atoms with Crippen LogP contribution in [0.25, 0.3) is 22.2 Å². The summed E-state index contributed by atoms with van der Waals surface area (Å²) in [5.74, 6) is -0.672. The van der Waals surface area contributed by atoms with Crippen LogP contribution in [0.5, 0.6) is 0 Å². The van der Waals surface area contributed by atoms with E-state index in [1.54, 1.807) is 18.5 Å². The molecule has 0 saturated heterocycles. The first-order chi connectivity index (χ1) is 10.6. The minimum absolute atomic E-state index is 0.269. The lowest BCUT2D eigenvalue weighted by molar-refractivity contribution is 0.0699. The van der Waals surface area contributed by atoms with Gasteiger partial charge in [-0.05, 0) is 29.7 Å². The molecule has 22 heavy (non-hydrogen) atoms. The lowest BCUT2D eigenvalue weighted by atomic mass is 9.96. The zero-order chi connectivity index (χ0) is 15.7. The number of carboxylic acid groups (broad SMARTS) is 1. The van der Waals surface area contributed by atoms with Gasteiger partial charge in [0.2, 0.25) is 0 Å². The summed E-state index contributed by atoms with van der Waals surface area (Å²) in [6.45, 7) is 4.16. The number of pyridine rings is 2. The van der Waals surface area contributed by atoms with Crippen molar-refractivity contribution < 1.29 is 9.90 Å². The van der Waals surface area contributed by atoms with Crippen molar-refractivity contribution in [3.63, 3.8) is 0 Å². The molecule has 0 aliphatic rings. The van der Waals surface area contributed by atoms with Gasteiger partial charge in [-0.15, -0.1) is 0 Å². The number of aromatic nitrogens is 2. The lowest BCUT2D eigenvalue weighted by Gasteiger charge is -2.12. The smallest absolute Gasteiger partial charge is 0.336 e.